The Labute approximate surface area is 141 Å². The van der Waals surface area contributed by atoms with Gasteiger partial charge >= 0.3 is 0 Å². The van der Waals surface area contributed by atoms with Gasteiger partial charge in [-0.3, -0.25) is 0 Å². The third kappa shape index (κ3) is 2.10. The molecule has 6 heteroatoms. The summed E-state index contributed by atoms with van der Waals surface area (Å²) in [6.45, 7) is 7.38. The van der Waals surface area contributed by atoms with Crippen LogP contribution in [0.5, 0.6) is 0 Å². The van der Waals surface area contributed by atoms with Crippen molar-refractivity contribution in [3.8, 4) is 0 Å². The first-order valence-corrected chi connectivity index (χ1v) is 9.25. The Kier molecular flexibility index (Phi) is 3.69. The summed E-state index contributed by atoms with van der Waals surface area (Å²) in [5.41, 5.74) is 2.07. The number of pyridine rings is 1. The maximum absolute atomic E-state index is 13.5. The van der Waals surface area contributed by atoms with Crippen molar-refractivity contribution in [2.75, 3.05) is 0 Å². The first kappa shape index (κ1) is 16.3. The van der Waals surface area contributed by atoms with Crippen LogP contribution in [0.1, 0.15) is 27.7 Å². The Morgan fingerprint density at radius 3 is 2.70 bits per heavy atom. The molecule has 0 N–H and O–H groups in total. The Morgan fingerprint density at radius 1 is 1.30 bits per heavy atom. The van der Waals surface area contributed by atoms with E-state index in [0.717, 1.165) is 16.5 Å². The summed E-state index contributed by atoms with van der Waals surface area (Å²) in [4.78, 5) is 4.24. The van der Waals surface area contributed by atoms with E-state index in [9.17, 15) is 8.42 Å². The van der Waals surface area contributed by atoms with Crippen molar-refractivity contribution in [2.45, 2.75) is 32.4 Å². The Hall–Kier alpha value is -1.59. The normalized spacial score (nSPS) is 25.8. The molecule has 0 saturated carbocycles. The van der Waals surface area contributed by atoms with Crippen molar-refractivity contribution in [3.63, 3.8) is 0 Å². The SMILES string of the molecule is CC1=CC(Cl)=C(C)C(C)C1(C)S(=O)(=O)n1ccc2cccnc21. The fourth-order valence-electron chi connectivity index (χ4n) is 3.18. The van der Waals surface area contributed by atoms with E-state index in [-0.39, 0.29) is 5.92 Å². The Balaban J connectivity index is 2.26. The number of allylic oxidation sites excluding steroid dienone is 3. The number of fused-ring (bicyclic) bond motifs is 1. The van der Waals surface area contributed by atoms with Gasteiger partial charge in [-0.25, -0.2) is 17.4 Å². The van der Waals surface area contributed by atoms with Crippen LogP contribution in [0.15, 0.2) is 52.8 Å². The summed E-state index contributed by atoms with van der Waals surface area (Å²) in [6.07, 6.45) is 4.94. The molecule has 0 radical (unpaired) electrons. The van der Waals surface area contributed by atoms with Crippen LogP contribution in [-0.2, 0) is 10.0 Å². The highest BCUT2D eigenvalue weighted by Crippen LogP contribution is 2.45. The van der Waals surface area contributed by atoms with E-state index >= 15 is 0 Å². The van der Waals surface area contributed by atoms with E-state index in [4.69, 9.17) is 11.6 Å². The largest absolute Gasteiger partial charge is 0.250 e. The Morgan fingerprint density at radius 2 is 2.00 bits per heavy atom. The number of nitrogens with zero attached hydrogens (tertiary/aromatic N) is 2. The van der Waals surface area contributed by atoms with Crippen molar-refractivity contribution in [2.24, 2.45) is 5.92 Å². The maximum Gasteiger partial charge on any atom is 0.250 e. The van der Waals surface area contributed by atoms with Crippen LogP contribution >= 0.6 is 11.6 Å². The summed E-state index contributed by atoms with van der Waals surface area (Å²) in [6, 6.07) is 5.42. The molecule has 2 aromatic rings. The van der Waals surface area contributed by atoms with Gasteiger partial charge in [0.15, 0.2) is 5.65 Å². The van der Waals surface area contributed by atoms with Crippen molar-refractivity contribution in [1.29, 1.82) is 0 Å². The van der Waals surface area contributed by atoms with Gasteiger partial charge in [0.05, 0.1) is 0 Å². The van der Waals surface area contributed by atoms with Crippen LogP contribution in [0.25, 0.3) is 11.0 Å². The van der Waals surface area contributed by atoms with E-state index < -0.39 is 14.8 Å². The molecule has 0 spiro atoms. The van der Waals surface area contributed by atoms with Crippen molar-refractivity contribution >= 4 is 32.7 Å². The lowest BCUT2D eigenvalue weighted by Crippen LogP contribution is -2.47. The predicted molar refractivity (Wildman–Crippen MR) is 93.9 cm³/mol. The zero-order chi connectivity index (χ0) is 17.0. The third-order valence-corrected chi connectivity index (χ3v) is 8.16. The molecule has 1 aliphatic rings. The van der Waals surface area contributed by atoms with Gasteiger partial charge in [0.2, 0.25) is 10.0 Å². The maximum atomic E-state index is 13.5. The lowest BCUT2D eigenvalue weighted by Gasteiger charge is -2.39. The summed E-state index contributed by atoms with van der Waals surface area (Å²) in [7, 11) is -3.71. The zero-order valence-electron chi connectivity index (χ0n) is 13.5. The number of aromatic nitrogens is 2. The van der Waals surface area contributed by atoms with Gasteiger partial charge in [-0.05, 0) is 56.2 Å². The van der Waals surface area contributed by atoms with Crippen LogP contribution in [0, 0.1) is 5.92 Å². The fourth-order valence-corrected chi connectivity index (χ4v) is 5.60. The average Bonchev–Trinajstić information content (AvgIpc) is 2.95. The van der Waals surface area contributed by atoms with Crippen LogP contribution in [-0.4, -0.2) is 22.1 Å². The van der Waals surface area contributed by atoms with Gasteiger partial charge in [-0.1, -0.05) is 18.5 Å². The molecular formula is C17H19ClN2O2S. The standard InChI is InChI=1S/C17H19ClN2O2S/c1-11-10-15(18)12(2)13(3)17(11,4)23(21,22)20-9-7-14-6-5-8-19-16(14)20/h5-10,13H,1-4H3. The van der Waals surface area contributed by atoms with Gasteiger partial charge in [0.25, 0.3) is 0 Å². The smallest absolute Gasteiger partial charge is 0.237 e. The lowest BCUT2D eigenvalue weighted by molar-refractivity contribution is 0.475. The average molecular weight is 351 g/mol. The number of halogens is 1. The highest BCUT2D eigenvalue weighted by atomic mass is 35.5. The summed E-state index contributed by atoms with van der Waals surface area (Å²) < 4.78 is 27.2. The van der Waals surface area contributed by atoms with Crippen molar-refractivity contribution in [3.05, 3.63) is 52.8 Å². The molecule has 0 saturated heterocycles. The Bertz CT molecular complexity index is 956. The van der Waals surface area contributed by atoms with E-state index in [1.165, 1.54) is 3.97 Å². The molecule has 0 aromatic carbocycles. The van der Waals surface area contributed by atoms with Gasteiger partial charge < -0.3 is 0 Å². The molecule has 0 fully saturated rings. The summed E-state index contributed by atoms with van der Waals surface area (Å²) >= 11 is 6.24. The second kappa shape index (κ2) is 5.21. The molecule has 1 aliphatic carbocycles. The minimum atomic E-state index is -3.71. The summed E-state index contributed by atoms with van der Waals surface area (Å²) in [5, 5.41) is 1.42. The van der Waals surface area contributed by atoms with Gasteiger partial charge in [0, 0.05) is 28.7 Å². The predicted octanol–water partition coefficient (Wildman–Crippen LogP) is 4.08. The van der Waals surface area contributed by atoms with Crippen LogP contribution in [0.3, 0.4) is 0 Å². The minimum absolute atomic E-state index is 0.230. The molecule has 0 amide bonds. The number of rotatable bonds is 2. The minimum Gasteiger partial charge on any atom is -0.237 e. The summed E-state index contributed by atoms with van der Waals surface area (Å²) in [5.74, 6) is -0.230. The molecular weight excluding hydrogens is 332 g/mol. The zero-order valence-corrected chi connectivity index (χ0v) is 15.1. The highest BCUT2D eigenvalue weighted by Gasteiger charge is 2.49. The van der Waals surface area contributed by atoms with Gasteiger partial charge in [0.1, 0.15) is 4.75 Å². The first-order valence-electron chi connectivity index (χ1n) is 7.43. The highest BCUT2D eigenvalue weighted by molar-refractivity contribution is 7.91. The van der Waals surface area contributed by atoms with Crippen LogP contribution < -0.4 is 0 Å². The van der Waals surface area contributed by atoms with E-state index in [2.05, 4.69) is 4.98 Å². The number of hydrogen-bond acceptors (Lipinski definition) is 3. The molecule has 122 valence electrons. The topological polar surface area (TPSA) is 52.0 Å². The molecule has 2 aromatic heterocycles. The molecule has 0 aliphatic heterocycles. The van der Waals surface area contributed by atoms with E-state index in [1.807, 2.05) is 26.8 Å². The monoisotopic (exact) mass is 350 g/mol. The second-order valence-electron chi connectivity index (χ2n) is 6.22. The molecule has 23 heavy (non-hydrogen) atoms. The van der Waals surface area contributed by atoms with Crippen LogP contribution in [0.2, 0.25) is 0 Å². The lowest BCUT2D eigenvalue weighted by atomic mass is 9.80. The first-order chi connectivity index (χ1) is 10.7. The van der Waals surface area contributed by atoms with Crippen molar-refractivity contribution < 1.29 is 8.42 Å². The molecule has 0 bridgehead atoms. The third-order valence-electron chi connectivity index (χ3n) is 5.19. The van der Waals surface area contributed by atoms with Crippen molar-refractivity contribution in [1.82, 2.24) is 8.96 Å². The quantitative estimate of drug-likeness (QED) is 0.820. The second-order valence-corrected chi connectivity index (χ2v) is 8.82. The molecule has 2 unspecified atom stereocenters. The van der Waals surface area contributed by atoms with Gasteiger partial charge in [-0.2, -0.15) is 0 Å². The van der Waals surface area contributed by atoms with Crippen LogP contribution in [0.4, 0.5) is 0 Å². The number of hydrogen-bond donors (Lipinski definition) is 0. The fraction of sp³-hybridized carbons (Fsp3) is 0.353. The van der Waals surface area contributed by atoms with E-state index in [0.29, 0.717) is 10.7 Å². The molecule has 3 rings (SSSR count). The molecule has 2 heterocycles. The molecule has 4 nitrogen and oxygen atoms in total. The van der Waals surface area contributed by atoms with E-state index in [1.54, 1.807) is 37.5 Å². The van der Waals surface area contributed by atoms with Gasteiger partial charge in [-0.15, -0.1) is 0 Å². The molecule has 2 atom stereocenters.